The van der Waals surface area contributed by atoms with Gasteiger partial charge in [-0.05, 0) is 37.8 Å². The topological polar surface area (TPSA) is 93.0 Å². The number of aromatic nitrogens is 1. The van der Waals surface area contributed by atoms with E-state index in [0.717, 1.165) is 38.8 Å². The summed E-state index contributed by atoms with van der Waals surface area (Å²) in [5, 5.41) is 12.5. The van der Waals surface area contributed by atoms with E-state index in [4.69, 9.17) is 9.84 Å². The average Bonchev–Trinajstić information content (AvgIpc) is 3.42. The molecule has 3 fully saturated rings. The molecule has 0 radical (unpaired) electrons. The highest BCUT2D eigenvalue weighted by Gasteiger charge is 2.32. The van der Waals surface area contributed by atoms with Gasteiger partial charge >= 0.3 is 6.16 Å². The molecule has 160 valence electrons. The Morgan fingerprint density at radius 3 is 2.83 bits per heavy atom. The van der Waals surface area contributed by atoms with Crippen molar-refractivity contribution in [3.63, 3.8) is 0 Å². The van der Waals surface area contributed by atoms with Crippen molar-refractivity contribution < 1.29 is 23.8 Å². The SMILES string of the molecule is O=C(O)Oc1cn(C2CC2)c2cc(N3CCNC(C4CCCO4)C3)c(F)cc2c1=O. The van der Waals surface area contributed by atoms with Gasteiger partial charge in [0.15, 0.2) is 5.75 Å². The first-order chi connectivity index (χ1) is 14.5. The molecule has 2 atom stereocenters. The molecule has 2 aliphatic heterocycles. The number of piperazine rings is 1. The molecule has 0 bridgehead atoms. The van der Waals surface area contributed by atoms with Crippen LogP contribution in [0.3, 0.4) is 0 Å². The lowest BCUT2D eigenvalue weighted by molar-refractivity contribution is 0.0768. The van der Waals surface area contributed by atoms with Gasteiger partial charge in [-0.2, -0.15) is 0 Å². The molecule has 8 nitrogen and oxygen atoms in total. The predicted molar refractivity (Wildman–Crippen MR) is 108 cm³/mol. The van der Waals surface area contributed by atoms with Crippen LogP contribution in [0.5, 0.6) is 5.75 Å². The standard InChI is InChI=1S/C21H24FN3O5/c22-14-8-13-16(25(12-3-4-12)11-19(20(13)26)30-21(27)28)9-17(14)24-6-5-23-15(10-24)18-2-1-7-29-18/h8-9,11-12,15,18,23H,1-7,10H2,(H,27,28). The van der Waals surface area contributed by atoms with Crippen LogP contribution in [0.1, 0.15) is 31.7 Å². The minimum absolute atomic E-state index is 0.132. The quantitative estimate of drug-likeness (QED) is 0.739. The molecule has 3 aliphatic rings. The monoisotopic (exact) mass is 417 g/mol. The number of nitrogens with one attached hydrogen (secondary N) is 1. The van der Waals surface area contributed by atoms with Crippen LogP contribution in [-0.2, 0) is 4.74 Å². The minimum Gasteiger partial charge on any atom is -0.449 e. The number of rotatable bonds is 4. The molecule has 2 unspecified atom stereocenters. The van der Waals surface area contributed by atoms with Gasteiger partial charge in [-0.25, -0.2) is 9.18 Å². The molecule has 2 N–H and O–H groups in total. The van der Waals surface area contributed by atoms with Crippen LogP contribution in [0.15, 0.2) is 23.1 Å². The fourth-order valence-corrected chi connectivity index (χ4v) is 4.56. The summed E-state index contributed by atoms with van der Waals surface area (Å²) in [4.78, 5) is 25.7. The molecule has 2 aromatic rings. The molecule has 1 saturated carbocycles. The number of benzene rings is 1. The summed E-state index contributed by atoms with van der Waals surface area (Å²) in [6.45, 7) is 2.77. The van der Waals surface area contributed by atoms with Gasteiger partial charge in [0, 0.05) is 32.3 Å². The smallest absolute Gasteiger partial charge is 0.449 e. The Hall–Kier alpha value is -2.65. The summed E-state index contributed by atoms with van der Waals surface area (Å²) in [6.07, 6.45) is 3.90. The largest absolute Gasteiger partial charge is 0.511 e. The summed E-state index contributed by atoms with van der Waals surface area (Å²) in [5.74, 6) is -0.794. The van der Waals surface area contributed by atoms with Gasteiger partial charge in [0.25, 0.3) is 0 Å². The van der Waals surface area contributed by atoms with Crippen LogP contribution in [-0.4, -0.2) is 54.2 Å². The van der Waals surface area contributed by atoms with Crippen LogP contribution in [0.25, 0.3) is 10.9 Å². The van der Waals surface area contributed by atoms with E-state index >= 15 is 4.39 Å². The molecule has 1 aliphatic carbocycles. The Morgan fingerprint density at radius 1 is 1.30 bits per heavy atom. The third kappa shape index (κ3) is 3.52. The molecule has 1 aromatic heterocycles. The van der Waals surface area contributed by atoms with Gasteiger partial charge in [0.1, 0.15) is 5.82 Å². The number of carboxylic acid groups (broad SMARTS) is 1. The van der Waals surface area contributed by atoms with Gasteiger partial charge < -0.3 is 29.4 Å². The normalized spacial score (nSPS) is 24.4. The summed E-state index contributed by atoms with van der Waals surface area (Å²) >= 11 is 0. The second kappa shape index (κ2) is 7.55. The van der Waals surface area contributed by atoms with E-state index in [2.05, 4.69) is 10.1 Å². The van der Waals surface area contributed by atoms with E-state index in [1.165, 1.54) is 12.3 Å². The number of anilines is 1. The van der Waals surface area contributed by atoms with Gasteiger partial charge in [0.2, 0.25) is 5.43 Å². The third-order valence-corrected chi connectivity index (χ3v) is 6.17. The lowest BCUT2D eigenvalue weighted by Gasteiger charge is -2.37. The van der Waals surface area contributed by atoms with E-state index in [9.17, 15) is 9.59 Å². The van der Waals surface area contributed by atoms with E-state index in [1.54, 1.807) is 6.07 Å². The molecule has 0 amide bonds. The van der Waals surface area contributed by atoms with Gasteiger partial charge in [0.05, 0.1) is 34.9 Å². The molecule has 3 heterocycles. The van der Waals surface area contributed by atoms with Crippen molar-refractivity contribution in [3.8, 4) is 5.75 Å². The Labute approximate surface area is 172 Å². The van der Waals surface area contributed by atoms with Gasteiger partial charge in [-0.15, -0.1) is 0 Å². The zero-order valence-electron chi connectivity index (χ0n) is 16.5. The van der Waals surface area contributed by atoms with Crippen LogP contribution < -0.4 is 20.4 Å². The summed E-state index contributed by atoms with van der Waals surface area (Å²) in [5.41, 5.74) is 0.434. The van der Waals surface area contributed by atoms with E-state index in [0.29, 0.717) is 24.3 Å². The van der Waals surface area contributed by atoms with Crippen molar-refractivity contribution >= 4 is 22.7 Å². The van der Waals surface area contributed by atoms with Crippen LogP contribution in [0.4, 0.5) is 14.9 Å². The number of fused-ring (bicyclic) bond motifs is 1. The zero-order valence-corrected chi connectivity index (χ0v) is 16.5. The maximum Gasteiger partial charge on any atom is 0.511 e. The van der Waals surface area contributed by atoms with Crippen molar-refractivity contribution in [2.24, 2.45) is 0 Å². The maximum absolute atomic E-state index is 15.1. The second-order valence-electron chi connectivity index (χ2n) is 8.21. The highest BCUT2D eigenvalue weighted by atomic mass is 19.1. The molecule has 2 saturated heterocycles. The minimum atomic E-state index is -1.56. The Morgan fingerprint density at radius 2 is 2.13 bits per heavy atom. The lowest BCUT2D eigenvalue weighted by atomic mass is 10.0. The zero-order chi connectivity index (χ0) is 20.8. The number of halogens is 1. The third-order valence-electron chi connectivity index (χ3n) is 6.17. The molecule has 30 heavy (non-hydrogen) atoms. The maximum atomic E-state index is 15.1. The fraction of sp³-hybridized carbons (Fsp3) is 0.524. The first-order valence-electron chi connectivity index (χ1n) is 10.4. The Balaban J connectivity index is 1.55. The molecular weight excluding hydrogens is 393 g/mol. The fourth-order valence-electron chi connectivity index (χ4n) is 4.56. The van der Waals surface area contributed by atoms with Crippen molar-refractivity contribution in [1.29, 1.82) is 0 Å². The van der Waals surface area contributed by atoms with Gasteiger partial charge in [-0.1, -0.05) is 0 Å². The molecule has 5 rings (SSSR count). The lowest BCUT2D eigenvalue weighted by Crippen LogP contribution is -2.55. The highest BCUT2D eigenvalue weighted by molar-refractivity contribution is 5.85. The van der Waals surface area contributed by atoms with Crippen molar-refractivity contribution in [1.82, 2.24) is 9.88 Å². The molecular formula is C21H24FN3O5. The van der Waals surface area contributed by atoms with E-state index < -0.39 is 17.4 Å². The molecule has 1 aromatic carbocycles. The number of pyridine rings is 1. The van der Waals surface area contributed by atoms with Crippen molar-refractivity contribution in [2.45, 2.75) is 43.9 Å². The van der Waals surface area contributed by atoms with Gasteiger partial charge in [-0.3, -0.25) is 4.79 Å². The molecule has 0 spiro atoms. The van der Waals surface area contributed by atoms with Crippen LogP contribution in [0.2, 0.25) is 0 Å². The highest BCUT2D eigenvalue weighted by Crippen LogP contribution is 2.39. The first-order valence-corrected chi connectivity index (χ1v) is 10.4. The summed E-state index contributed by atoms with van der Waals surface area (Å²) in [7, 11) is 0. The van der Waals surface area contributed by atoms with Crippen LogP contribution >= 0.6 is 0 Å². The number of hydrogen-bond donors (Lipinski definition) is 2. The van der Waals surface area contributed by atoms with Crippen molar-refractivity contribution in [2.75, 3.05) is 31.1 Å². The Bertz CT molecular complexity index is 1050. The molecule has 9 heteroatoms. The van der Waals surface area contributed by atoms with E-state index in [1.807, 2.05) is 9.47 Å². The first kappa shape index (κ1) is 19.3. The van der Waals surface area contributed by atoms with Crippen molar-refractivity contribution in [3.05, 3.63) is 34.4 Å². The average molecular weight is 417 g/mol. The summed E-state index contributed by atoms with van der Waals surface area (Å²) < 4.78 is 27.4. The predicted octanol–water partition coefficient (Wildman–Crippen LogP) is 2.49. The number of ether oxygens (including phenoxy) is 2. The number of nitrogens with zero attached hydrogens (tertiary/aromatic N) is 2. The van der Waals surface area contributed by atoms with Crippen LogP contribution in [0, 0.1) is 5.82 Å². The Kier molecular flexibility index (Phi) is 4.86. The second-order valence-corrected chi connectivity index (χ2v) is 8.21. The summed E-state index contributed by atoms with van der Waals surface area (Å²) in [6, 6.07) is 3.22. The number of carbonyl (C=O) groups is 1. The number of hydrogen-bond acceptors (Lipinski definition) is 6. The van der Waals surface area contributed by atoms with E-state index in [-0.39, 0.29) is 29.3 Å².